The summed E-state index contributed by atoms with van der Waals surface area (Å²) in [5.74, 6) is -0.164. The van der Waals surface area contributed by atoms with Gasteiger partial charge < -0.3 is 9.84 Å². The van der Waals surface area contributed by atoms with Crippen molar-refractivity contribution in [2.24, 2.45) is 0 Å². The van der Waals surface area contributed by atoms with Gasteiger partial charge in [0, 0.05) is 10.0 Å². The van der Waals surface area contributed by atoms with Crippen LogP contribution in [0.2, 0.25) is 0 Å². The van der Waals surface area contributed by atoms with Gasteiger partial charge in [0.15, 0.2) is 18.2 Å². The van der Waals surface area contributed by atoms with Crippen molar-refractivity contribution in [3.05, 3.63) is 41.1 Å². The molecule has 0 aliphatic rings. The maximum Gasteiger partial charge on any atom is 0.341 e. The zero-order valence-corrected chi connectivity index (χ0v) is 10.8. The smallest absolute Gasteiger partial charge is 0.341 e. The maximum atomic E-state index is 10.3. The summed E-state index contributed by atoms with van der Waals surface area (Å²) in [5, 5.41) is 8.47. The highest BCUT2D eigenvalue weighted by Gasteiger charge is 2.06. The summed E-state index contributed by atoms with van der Waals surface area (Å²) >= 11 is 3.41. The molecular weight excluding hydrogens is 300 g/mol. The Kier molecular flexibility index (Phi) is 3.88. The summed E-state index contributed by atoms with van der Waals surface area (Å²) in [4.78, 5) is 18.6. The second kappa shape index (κ2) is 5.59. The number of halogens is 1. The monoisotopic (exact) mass is 308 g/mol. The molecule has 0 fully saturated rings. The number of aromatic nitrogens is 2. The van der Waals surface area contributed by atoms with Crippen molar-refractivity contribution in [1.29, 1.82) is 0 Å². The van der Waals surface area contributed by atoms with Gasteiger partial charge in [-0.1, -0.05) is 34.1 Å². The first-order chi connectivity index (χ1) is 8.66. The lowest BCUT2D eigenvalue weighted by atomic mass is 10.2. The fourth-order valence-electron chi connectivity index (χ4n) is 1.32. The molecule has 1 heterocycles. The molecule has 2 aromatic rings. The van der Waals surface area contributed by atoms with Crippen molar-refractivity contribution < 1.29 is 14.6 Å². The molecule has 1 aromatic heterocycles. The zero-order chi connectivity index (χ0) is 13.0. The number of hydrogen-bond donors (Lipinski definition) is 1. The number of carbonyl (C=O) groups is 1. The van der Waals surface area contributed by atoms with Gasteiger partial charge in [-0.15, -0.1) is 0 Å². The van der Waals surface area contributed by atoms with E-state index in [4.69, 9.17) is 9.84 Å². The Morgan fingerprint density at radius 2 is 1.94 bits per heavy atom. The molecule has 18 heavy (non-hydrogen) atoms. The van der Waals surface area contributed by atoms with E-state index in [0.717, 1.165) is 10.0 Å². The van der Waals surface area contributed by atoms with Gasteiger partial charge in [0.2, 0.25) is 0 Å². The number of hydrogen-bond acceptors (Lipinski definition) is 4. The molecule has 0 spiro atoms. The van der Waals surface area contributed by atoms with Gasteiger partial charge in [-0.25, -0.2) is 14.8 Å². The van der Waals surface area contributed by atoms with Crippen molar-refractivity contribution in [2.45, 2.75) is 0 Å². The van der Waals surface area contributed by atoms with Crippen molar-refractivity contribution in [3.63, 3.8) is 0 Å². The van der Waals surface area contributed by atoms with Crippen LogP contribution in [0.15, 0.2) is 41.1 Å². The van der Waals surface area contributed by atoms with Crippen molar-refractivity contribution in [1.82, 2.24) is 9.97 Å². The van der Waals surface area contributed by atoms with Gasteiger partial charge in [0.05, 0.1) is 12.4 Å². The lowest BCUT2D eigenvalue weighted by Crippen LogP contribution is -2.09. The SMILES string of the molecule is O=C(O)COc1cnc(-c2ccccc2Br)nc1. The van der Waals surface area contributed by atoms with Gasteiger partial charge >= 0.3 is 5.97 Å². The van der Waals surface area contributed by atoms with Gasteiger partial charge in [-0.05, 0) is 6.07 Å². The molecule has 0 saturated carbocycles. The number of carboxylic acid groups (broad SMARTS) is 1. The van der Waals surface area contributed by atoms with Crippen LogP contribution >= 0.6 is 15.9 Å². The van der Waals surface area contributed by atoms with E-state index >= 15 is 0 Å². The second-order valence-corrected chi connectivity index (χ2v) is 4.26. The molecule has 1 aromatic carbocycles. The third kappa shape index (κ3) is 3.04. The molecule has 0 atom stereocenters. The minimum atomic E-state index is -1.04. The number of carboxylic acids is 1. The molecule has 0 saturated heterocycles. The van der Waals surface area contributed by atoms with E-state index in [1.54, 1.807) is 0 Å². The fourth-order valence-corrected chi connectivity index (χ4v) is 1.78. The Labute approximate surface area is 112 Å². The number of aliphatic carboxylic acids is 1. The molecular formula is C12H9BrN2O3. The average molecular weight is 309 g/mol. The Balaban J connectivity index is 2.17. The van der Waals surface area contributed by atoms with E-state index in [1.165, 1.54) is 12.4 Å². The summed E-state index contributed by atoms with van der Waals surface area (Å²) in [5.41, 5.74) is 0.863. The summed E-state index contributed by atoms with van der Waals surface area (Å²) in [6.45, 7) is -0.405. The molecule has 6 heteroatoms. The first-order valence-electron chi connectivity index (χ1n) is 5.08. The molecule has 0 amide bonds. The topological polar surface area (TPSA) is 72.3 Å². The van der Waals surface area contributed by atoms with Crippen LogP contribution in [0.4, 0.5) is 0 Å². The highest BCUT2D eigenvalue weighted by atomic mass is 79.9. The number of nitrogens with zero attached hydrogens (tertiary/aromatic N) is 2. The molecule has 5 nitrogen and oxygen atoms in total. The van der Waals surface area contributed by atoms with Crippen LogP contribution in [-0.4, -0.2) is 27.7 Å². The molecule has 2 rings (SSSR count). The number of rotatable bonds is 4. The summed E-state index contributed by atoms with van der Waals surface area (Å²) in [6.07, 6.45) is 2.90. The van der Waals surface area contributed by atoms with Crippen LogP contribution in [0.3, 0.4) is 0 Å². The quantitative estimate of drug-likeness (QED) is 0.938. The van der Waals surface area contributed by atoms with Gasteiger partial charge in [0.25, 0.3) is 0 Å². The van der Waals surface area contributed by atoms with Crippen LogP contribution in [0, 0.1) is 0 Å². The van der Waals surface area contributed by atoms with E-state index < -0.39 is 12.6 Å². The van der Waals surface area contributed by atoms with Gasteiger partial charge in [-0.3, -0.25) is 0 Å². The van der Waals surface area contributed by atoms with E-state index in [9.17, 15) is 4.79 Å². The Bertz CT molecular complexity index is 558. The van der Waals surface area contributed by atoms with E-state index in [2.05, 4.69) is 25.9 Å². The van der Waals surface area contributed by atoms with Gasteiger partial charge in [-0.2, -0.15) is 0 Å². The van der Waals surface area contributed by atoms with Gasteiger partial charge in [0.1, 0.15) is 0 Å². The molecule has 1 N–H and O–H groups in total. The van der Waals surface area contributed by atoms with Crippen molar-refractivity contribution in [2.75, 3.05) is 6.61 Å². The van der Waals surface area contributed by atoms with Crippen molar-refractivity contribution >= 4 is 21.9 Å². The second-order valence-electron chi connectivity index (χ2n) is 3.40. The standard InChI is InChI=1S/C12H9BrN2O3/c13-10-4-2-1-3-9(10)12-14-5-8(6-15-12)18-7-11(16)17/h1-6H,7H2,(H,16,17). The van der Waals surface area contributed by atoms with Crippen molar-refractivity contribution in [3.8, 4) is 17.1 Å². The number of benzene rings is 1. The lowest BCUT2D eigenvalue weighted by molar-refractivity contribution is -0.139. The minimum Gasteiger partial charge on any atom is -0.479 e. The van der Waals surface area contributed by atoms with Crippen LogP contribution < -0.4 is 4.74 Å². The van der Waals surface area contributed by atoms with Crippen LogP contribution in [-0.2, 0) is 4.79 Å². The van der Waals surface area contributed by atoms with Crippen LogP contribution in [0.1, 0.15) is 0 Å². The third-order valence-electron chi connectivity index (χ3n) is 2.11. The minimum absolute atomic E-state index is 0.327. The van der Waals surface area contributed by atoms with E-state index in [-0.39, 0.29) is 0 Å². The highest BCUT2D eigenvalue weighted by molar-refractivity contribution is 9.10. The molecule has 0 radical (unpaired) electrons. The zero-order valence-electron chi connectivity index (χ0n) is 9.21. The molecule has 0 bridgehead atoms. The maximum absolute atomic E-state index is 10.3. The van der Waals surface area contributed by atoms with E-state index in [0.29, 0.717) is 11.6 Å². The van der Waals surface area contributed by atoms with Crippen LogP contribution in [0.25, 0.3) is 11.4 Å². The summed E-state index contributed by atoms with van der Waals surface area (Å²) in [7, 11) is 0. The molecule has 0 unspecified atom stereocenters. The summed E-state index contributed by atoms with van der Waals surface area (Å²) < 4.78 is 5.85. The summed E-state index contributed by atoms with van der Waals surface area (Å²) in [6, 6.07) is 7.57. The Hall–Kier alpha value is -1.95. The largest absolute Gasteiger partial charge is 0.479 e. The lowest BCUT2D eigenvalue weighted by Gasteiger charge is -2.04. The molecule has 0 aliphatic heterocycles. The molecule has 0 aliphatic carbocycles. The first-order valence-corrected chi connectivity index (χ1v) is 5.87. The number of ether oxygens (including phenoxy) is 1. The van der Waals surface area contributed by atoms with Crippen LogP contribution in [0.5, 0.6) is 5.75 Å². The predicted molar refractivity (Wildman–Crippen MR) is 68.3 cm³/mol. The highest BCUT2D eigenvalue weighted by Crippen LogP contribution is 2.25. The normalized spacial score (nSPS) is 10.1. The van der Waals surface area contributed by atoms with E-state index in [1.807, 2.05) is 24.3 Å². The fraction of sp³-hybridized carbons (Fsp3) is 0.0833. The average Bonchev–Trinajstić information content (AvgIpc) is 2.38. The first kappa shape index (κ1) is 12.5. The Morgan fingerprint density at radius 1 is 1.28 bits per heavy atom. The predicted octanol–water partition coefficient (Wildman–Crippen LogP) is 2.37. The molecule has 92 valence electrons. The Morgan fingerprint density at radius 3 is 2.56 bits per heavy atom. The third-order valence-corrected chi connectivity index (χ3v) is 2.80.